The van der Waals surface area contributed by atoms with Gasteiger partial charge in [0.05, 0.1) is 11.0 Å². The van der Waals surface area contributed by atoms with Gasteiger partial charge in [-0.2, -0.15) is 0 Å². The van der Waals surface area contributed by atoms with Crippen LogP contribution in [-0.4, -0.2) is 33.4 Å². The van der Waals surface area contributed by atoms with Crippen molar-refractivity contribution in [1.29, 1.82) is 0 Å². The molecule has 2 aliphatic rings. The van der Waals surface area contributed by atoms with Crippen LogP contribution in [0.25, 0.3) is 11.0 Å². The lowest BCUT2D eigenvalue weighted by molar-refractivity contribution is -0.149. The Kier molecular flexibility index (Phi) is 4.18. The van der Waals surface area contributed by atoms with Gasteiger partial charge in [-0.05, 0) is 44.2 Å². The normalized spacial score (nSPS) is 20.6. The molecule has 1 aliphatic carbocycles. The van der Waals surface area contributed by atoms with Gasteiger partial charge >= 0.3 is 5.69 Å². The van der Waals surface area contributed by atoms with E-state index in [1.54, 1.807) is 0 Å². The van der Waals surface area contributed by atoms with E-state index in [0.717, 1.165) is 62.6 Å². The summed E-state index contributed by atoms with van der Waals surface area (Å²) < 4.78 is 1.89. The number of para-hydroxylation sites is 2. The van der Waals surface area contributed by atoms with Gasteiger partial charge in [-0.3, -0.25) is 9.36 Å². The average molecular weight is 341 g/mol. The second-order valence-corrected chi connectivity index (χ2v) is 7.72. The zero-order valence-electron chi connectivity index (χ0n) is 15.0. The van der Waals surface area contributed by atoms with Crippen molar-refractivity contribution >= 4 is 16.9 Å². The Morgan fingerprint density at radius 3 is 2.60 bits per heavy atom. The number of piperidine rings is 1. The highest BCUT2D eigenvalue weighted by atomic mass is 16.2. The van der Waals surface area contributed by atoms with Crippen molar-refractivity contribution in [2.45, 2.75) is 57.9 Å². The van der Waals surface area contributed by atoms with E-state index >= 15 is 0 Å². The largest absolute Gasteiger partial charge is 0.342 e. The number of aromatic amines is 1. The van der Waals surface area contributed by atoms with Crippen LogP contribution < -0.4 is 5.69 Å². The van der Waals surface area contributed by atoms with Crippen LogP contribution in [0.4, 0.5) is 0 Å². The van der Waals surface area contributed by atoms with Crippen molar-refractivity contribution in [1.82, 2.24) is 14.5 Å². The molecule has 1 aromatic carbocycles. The number of imidazole rings is 1. The molecule has 5 nitrogen and oxygen atoms in total. The average Bonchev–Trinajstić information content (AvgIpc) is 2.93. The third kappa shape index (κ3) is 2.70. The third-order valence-electron chi connectivity index (χ3n) is 6.23. The molecule has 0 bridgehead atoms. The topological polar surface area (TPSA) is 58.1 Å². The molecule has 0 spiro atoms. The highest BCUT2D eigenvalue weighted by Crippen LogP contribution is 2.46. The molecular formula is C20H27N3O2. The van der Waals surface area contributed by atoms with Crippen molar-refractivity contribution in [3.63, 3.8) is 0 Å². The molecule has 5 heteroatoms. The SMILES string of the molecule is CCCC1(C(=O)N2CCC(n3c(=O)[nH]c4ccccc43)CC2)CCC1. The molecule has 2 fully saturated rings. The molecule has 1 N–H and O–H groups in total. The van der Waals surface area contributed by atoms with E-state index in [1.807, 2.05) is 28.8 Å². The predicted octanol–water partition coefficient (Wildman–Crippen LogP) is 3.46. The van der Waals surface area contributed by atoms with Gasteiger partial charge in [-0.1, -0.05) is 31.9 Å². The smallest absolute Gasteiger partial charge is 0.326 e. The minimum Gasteiger partial charge on any atom is -0.342 e. The molecule has 1 saturated heterocycles. The number of nitrogens with zero attached hydrogens (tertiary/aromatic N) is 2. The van der Waals surface area contributed by atoms with E-state index in [2.05, 4.69) is 16.8 Å². The molecule has 134 valence electrons. The summed E-state index contributed by atoms with van der Waals surface area (Å²) in [7, 11) is 0. The Labute approximate surface area is 148 Å². The van der Waals surface area contributed by atoms with Crippen molar-refractivity contribution < 1.29 is 4.79 Å². The fraction of sp³-hybridized carbons (Fsp3) is 0.600. The van der Waals surface area contributed by atoms with Gasteiger partial charge in [-0.15, -0.1) is 0 Å². The number of amides is 1. The summed E-state index contributed by atoms with van der Waals surface area (Å²) in [6.45, 7) is 3.70. The van der Waals surface area contributed by atoms with Gasteiger partial charge in [0.1, 0.15) is 0 Å². The zero-order chi connectivity index (χ0) is 17.4. The summed E-state index contributed by atoms with van der Waals surface area (Å²) in [6, 6.07) is 8.02. The number of hydrogen-bond donors (Lipinski definition) is 1. The van der Waals surface area contributed by atoms with Crippen molar-refractivity contribution in [2.24, 2.45) is 5.41 Å². The van der Waals surface area contributed by atoms with Gasteiger partial charge < -0.3 is 9.88 Å². The van der Waals surface area contributed by atoms with Crippen molar-refractivity contribution in [3.05, 3.63) is 34.7 Å². The van der Waals surface area contributed by atoms with Gasteiger partial charge in [0.15, 0.2) is 0 Å². The molecule has 1 saturated carbocycles. The van der Waals surface area contributed by atoms with E-state index < -0.39 is 0 Å². The summed E-state index contributed by atoms with van der Waals surface area (Å²) in [5, 5.41) is 0. The van der Waals surface area contributed by atoms with Crippen LogP contribution in [0.3, 0.4) is 0 Å². The number of H-pyrrole nitrogens is 1. The highest BCUT2D eigenvalue weighted by Gasteiger charge is 2.45. The van der Waals surface area contributed by atoms with Crippen LogP contribution in [-0.2, 0) is 4.79 Å². The Morgan fingerprint density at radius 2 is 1.96 bits per heavy atom. The maximum Gasteiger partial charge on any atom is 0.326 e. The van der Waals surface area contributed by atoms with Crippen molar-refractivity contribution in [2.75, 3.05) is 13.1 Å². The second kappa shape index (κ2) is 6.36. The second-order valence-electron chi connectivity index (χ2n) is 7.72. The van der Waals surface area contributed by atoms with Crippen molar-refractivity contribution in [3.8, 4) is 0 Å². The van der Waals surface area contributed by atoms with Gasteiger partial charge in [0.25, 0.3) is 0 Å². The number of carbonyl (C=O) groups excluding carboxylic acids is 1. The summed E-state index contributed by atoms with van der Waals surface area (Å²) in [4.78, 5) is 30.4. The lowest BCUT2D eigenvalue weighted by atomic mass is 9.65. The molecule has 0 radical (unpaired) electrons. The Morgan fingerprint density at radius 1 is 1.24 bits per heavy atom. The highest BCUT2D eigenvalue weighted by molar-refractivity contribution is 5.83. The van der Waals surface area contributed by atoms with E-state index in [1.165, 1.54) is 6.42 Å². The van der Waals surface area contributed by atoms with Crippen LogP contribution in [0.1, 0.15) is 57.9 Å². The standard InChI is InChI=1S/C20H27N3O2/c1-2-10-20(11-5-12-20)18(24)22-13-8-15(9-14-22)23-17-7-4-3-6-16(17)21-19(23)25/h3-4,6-7,15H,2,5,8-14H2,1H3,(H,21,25). The number of hydrogen-bond acceptors (Lipinski definition) is 2. The summed E-state index contributed by atoms with van der Waals surface area (Å²) in [5.74, 6) is 0.366. The van der Waals surface area contributed by atoms with Gasteiger partial charge in [-0.25, -0.2) is 4.79 Å². The molecule has 4 rings (SSSR count). The molecule has 1 aromatic heterocycles. The minimum absolute atomic E-state index is 0.0348. The monoisotopic (exact) mass is 341 g/mol. The molecule has 0 atom stereocenters. The summed E-state index contributed by atoms with van der Waals surface area (Å²) in [6.07, 6.45) is 7.11. The van der Waals surface area contributed by atoms with Gasteiger partial charge in [0, 0.05) is 24.5 Å². The number of rotatable bonds is 4. The lowest BCUT2D eigenvalue weighted by Crippen LogP contribution is -2.50. The third-order valence-corrected chi connectivity index (χ3v) is 6.23. The maximum atomic E-state index is 13.0. The first-order chi connectivity index (χ1) is 12.1. The first-order valence-corrected chi connectivity index (χ1v) is 9.63. The van der Waals surface area contributed by atoms with Crippen LogP contribution in [0.2, 0.25) is 0 Å². The molecular weight excluding hydrogens is 314 g/mol. The van der Waals surface area contributed by atoms with Crippen LogP contribution >= 0.6 is 0 Å². The summed E-state index contributed by atoms with van der Waals surface area (Å²) in [5.41, 5.74) is 1.76. The van der Waals surface area contributed by atoms with Gasteiger partial charge in [0.2, 0.25) is 5.91 Å². The number of carbonyl (C=O) groups is 1. The van der Waals surface area contributed by atoms with E-state index in [9.17, 15) is 9.59 Å². The Hall–Kier alpha value is -2.04. The van der Waals surface area contributed by atoms with Crippen LogP contribution in [0, 0.1) is 5.41 Å². The van der Waals surface area contributed by atoms with E-state index in [-0.39, 0.29) is 17.1 Å². The van der Waals surface area contributed by atoms with Crippen LogP contribution in [0.5, 0.6) is 0 Å². The number of likely N-dealkylation sites (tertiary alicyclic amines) is 1. The number of nitrogens with one attached hydrogen (secondary N) is 1. The predicted molar refractivity (Wildman–Crippen MR) is 98.6 cm³/mol. The Balaban J connectivity index is 1.49. The summed E-state index contributed by atoms with van der Waals surface area (Å²) >= 11 is 0. The van der Waals surface area contributed by atoms with E-state index in [0.29, 0.717) is 5.91 Å². The quantitative estimate of drug-likeness (QED) is 0.926. The molecule has 2 heterocycles. The molecule has 25 heavy (non-hydrogen) atoms. The number of fused-ring (bicyclic) bond motifs is 1. The van der Waals surface area contributed by atoms with Crippen LogP contribution in [0.15, 0.2) is 29.1 Å². The first-order valence-electron chi connectivity index (χ1n) is 9.63. The molecule has 1 amide bonds. The van der Waals surface area contributed by atoms with E-state index in [4.69, 9.17) is 0 Å². The fourth-order valence-electron chi connectivity index (χ4n) is 4.75. The first kappa shape index (κ1) is 16.4. The molecule has 0 unspecified atom stereocenters. The number of benzene rings is 1. The lowest BCUT2D eigenvalue weighted by Gasteiger charge is -2.45. The zero-order valence-corrected chi connectivity index (χ0v) is 15.0. The molecule has 2 aromatic rings. The Bertz CT molecular complexity index is 823. The number of aromatic nitrogens is 2. The molecule has 1 aliphatic heterocycles. The maximum absolute atomic E-state index is 13.0. The minimum atomic E-state index is -0.0702. The fourth-order valence-corrected chi connectivity index (χ4v) is 4.75.